The summed E-state index contributed by atoms with van der Waals surface area (Å²) in [6.45, 7) is 3.68. The van der Waals surface area contributed by atoms with E-state index in [1.165, 1.54) is 31.2 Å². The van der Waals surface area contributed by atoms with Crippen molar-refractivity contribution < 1.29 is 4.79 Å². The molecule has 5 nitrogen and oxygen atoms in total. The molecule has 1 aliphatic heterocycles. The molecule has 8 heteroatoms. The van der Waals surface area contributed by atoms with E-state index in [-0.39, 0.29) is 18.3 Å². The van der Waals surface area contributed by atoms with Crippen LogP contribution < -0.4 is 5.43 Å². The fourth-order valence-electron chi connectivity index (χ4n) is 4.73. The van der Waals surface area contributed by atoms with E-state index in [1.807, 2.05) is 18.0 Å². The molecule has 2 aromatic carbocycles. The number of benzene rings is 2. The number of aromatic nitrogens is 2. The predicted molar refractivity (Wildman–Crippen MR) is 140 cm³/mol. The normalized spacial score (nSPS) is 16.6. The SMILES string of the molecule is Cc1c(C(=O)NN2CCCCC2)nn(-c2ccc(Cl)cc2Cl)c1-c1ccc(C2CCC2)cc1.Cl. The lowest BCUT2D eigenvalue weighted by Gasteiger charge is -2.26. The Morgan fingerprint density at radius 2 is 1.71 bits per heavy atom. The van der Waals surface area contributed by atoms with Crippen LogP contribution in [-0.4, -0.2) is 33.8 Å². The number of nitrogens with one attached hydrogen (secondary N) is 1. The third kappa shape index (κ3) is 4.99. The number of amides is 1. The number of rotatable bonds is 5. The van der Waals surface area contributed by atoms with Crippen LogP contribution in [0.1, 0.15) is 66.1 Å². The molecule has 1 aliphatic carbocycles. The van der Waals surface area contributed by atoms with Crippen LogP contribution in [0.3, 0.4) is 0 Å². The van der Waals surface area contributed by atoms with Crippen molar-refractivity contribution >= 4 is 41.5 Å². The highest BCUT2D eigenvalue weighted by Gasteiger charge is 2.25. The Morgan fingerprint density at radius 1 is 1.00 bits per heavy atom. The van der Waals surface area contributed by atoms with Gasteiger partial charge in [-0.25, -0.2) is 9.69 Å². The van der Waals surface area contributed by atoms with E-state index in [0.29, 0.717) is 27.3 Å². The topological polar surface area (TPSA) is 50.2 Å². The van der Waals surface area contributed by atoms with Crippen molar-refractivity contribution in [3.63, 3.8) is 0 Å². The van der Waals surface area contributed by atoms with Crippen LogP contribution in [0.25, 0.3) is 16.9 Å². The smallest absolute Gasteiger partial charge is 0.283 e. The van der Waals surface area contributed by atoms with Gasteiger partial charge in [0.15, 0.2) is 5.69 Å². The lowest BCUT2D eigenvalue weighted by Crippen LogP contribution is -2.45. The minimum Gasteiger partial charge on any atom is -0.283 e. The van der Waals surface area contributed by atoms with E-state index in [9.17, 15) is 4.79 Å². The Morgan fingerprint density at radius 3 is 2.32 bits per heavy atom. The highest BCUT2D eigenvalue weighted by Crippen LogP contribution is 2.38. The molecule has 1 saturated heterocycles. The van der Waals surface area contributed by atoms with Gasteiger partial charge in [-0.05, 0) is 62.3 Å². The summed E-state index contributed by atoms with van der Waals surface area (Å²) in [5, 5.41) is 7.78. The van der Waals surface area contributed by atoms with Crippen LogP contribution in [0.4, 0.5) is 0 Å². The zero-order valence-corrected chi connectivity index (χ0v) is 21.5. The Bertz CT molecular complexity index is 1170. The van der Waals surface area contributed by atoms with Gasteiger partial charge in [0, 0.05) is 29.2 Å². The molecule has 1 saturated carbocycles. The number of halogens is 3. The van der Waals surface area contributed by atoms with Crippen LogP contribution >= 0.6 is 35.6 Å². The van der Waals surface area contributed by atoms with Crippen molar-refractivity contribution in [3.8, 4) is 16.9 Å². The number of hydrogen-bond acceptors (Lipinski definition) is 3. The Hall–Kier alpha value is -2.05. The maximum absolute atomic E-state index is 13.2. The molecule has 1 N–H and O–H groups in total. The summed E-state index contributed by atoms with van der Waals surface area (Å²) in [6, 6.07) is 14.0. The minimum absolute atomic E-state index is 0. The van der Waals surface area contributed by atoms with E-state index >= 15 is 0 Å². The summed E-state index contributed by atoms with van der Waals surface area (Å²) in [7, 11) is 0. The quantitative estimate of drug-likeness (QED) is 0.396. The fourth-order valence-corrected chi connectivity index (χ4v) is 5.22. The van der Waals surface area contributed by atoms with Crippen LogP contribution in [0.5, 0.6) is 0 Å². The van der Waals surface area contributed by atoms with Gasteiger partial charge in [0.25, 0.3) is 5.91 Å². The van der Waals surface area contributed by atoms with Gasteiger partial charge in [-0.15, -0.1) is 12.4 Å². The second-order valence-corrected chi connectivity index (χ2v) is 9.91. The number of carbonyl (C=O) groups is 1. The molecule has 2 fully saturated rings. The summed E-state index contributed by atoms with van der Waals surface area (Å²) in [4.78, 5) is 13.2. The first-order chi connectivity index (χ1) is 16.0. The van der Waals surface area contributed by atoms with Gasteiger partial charge in [-0.1, -0.05) is 60.3 Å². The number of nitrogens with zero attached hydrogens (tertiary/aromatic N) is 3. The minimum atomic E-state index is -0.189. The molecule has 180 valence electrons. The first-order valence-electron chi connectivity index (χ1n) is 11.7. The lowest BCUT2D eigenvalue weighted by atomic mass is 9.80. The van der Waals surface area contributed by atoms with Crippen LogP contribution in [0, 0.1) is 6.92 Å². The van der Waals surface area contributed by atoms with Crippen LogP contribution in [-0.2, 0) is 0 Å². The average Bonchev–Trinajstić information content (AvgIpc) is 3.11. The van der Waals surface area contributed by atoms with E-state index in [2.05, 4.69) is 29.7 Å². The summed E-state index contributed by atoms with van der Waals surface area (Å²) in [5.74, 6) is 0.479. The number of hydrazine groups is 1. The molecule has 5 rings (SSSR count). The van der Waals surface area contributed by atoms with Crippen molar-refractivity contribution in [2.45, 2.75) is 51.4 Å². The average molecular weight is 520 g/mol. The van der Waals surface area contributed by atoms with Gasteiger partial charge in [-0.2, -0.15) is 5.10 Å². The summed E-state index contributed by atoms with van der Waals surface area (Å²) in [5.41, 5.74) is 8.22. The van der Waals surface area contributed by atoms with Crippen LogP contribution in [0.15, 0.2) is 42.5 Å². The highest BCUT2D eigenvalue weighted by atomic mass is 35.5. The zero-order chi connectivity index (χ0) is 22.9. The summed E-state index contributed by atoms with van der Waals surface area (Å²) in [6.07, 6.45) is 7.22. The van der Waals surface area contributed by atoms with Crippen molar-refractivity contribution in [3.05, 3.63) is 69.3 Å². The molecule has 2 heterocycles. The van der Waals surface area contributed by atoms with Gasteiger partial charge in [-0.3, -0.25) is 10.2 Å². The third-order valence-corrected chi connectivity index (χ3v) is 7.39. The molecular formula is C26H29Cl3N4O. The molecule has 0 spiro atoms. The van der Waals surface area contributed by atoms with E-state index in [1.54, 1.807) is 16.8 Å². The monoisotopic (exact) mass is 518 g/mol. The molecular weight excluding hydrogens is 491 g/mol. The molecule has 0 radical (unpaired) electrons. The fraction of sp³-hybridized carbons (Fsp3) is 0.385. The predicted octanol–water partition coefficient (Wildman–Crippen LogP) is 6.97. The molecule has 2 aliphatic rings. The number of carbonyl (C=O) groups excluding carboxylic acids is 1. The molecule has 3 aromatic rings. The van der Waals surface area contributed by atoms with E-state index in [4.69, 9.17) is 28.3 Å². The second-order valence-electron chi connectivity index (χ2n) is 9.07. The van der Waals surface area contributed by atoms with Crippen LogP contribution in [0.2, 0.25) is 10.0 Å². The highest BCUT2D eigenvalue weighted by molar-refractivity contribution is 6.35. The maximum atomic E-state index is 13.2. The Balaban J connectivity index is 0.00000274. The van der Waals surface area contributed by atoms with Gasteiger partial charge in [0.05, 0.1) is 16.4 Å². The third-order valence-electron chi connectivity index (χ3n) is 6.85. The first kappa shape index (κ1) is 25.1. The largest absolute Gasteiger partial charge is 0.286 e. The van der Waals surface area contributed by atoms with Crippen molar-refractivity contribution in [2.75, 3.05) is 13.1 Å². The van der Waals surface area contributed by atoms with E-state index in [0.717, 1.165) is 42.8 Å². The Labute approximate surface area is 216 Å². The van der Waals surface area contributed by atoms with Gasteiger partial charge in [0.2, 0.25) is 0 Å². The number of hydrogen-bond donors (Lipinski definition) is 1. The first-order valence-corrected chi connectivity index (χ1v) is 12.5. The molecule has 0 bridgehead atoms. The maximum Gasteiger partial charge on any atom is 0.286 e. The summed E-state index contributed by atoms with van der Waals surface area (Å²) >= 11 is 12.7. The summed E-state index contributed by atoms with van der Waals surface area (Å²) < 4.78 is 1.78. The Kier molecular flexibility index (Phi) is 7.88. The molecule has 34 heavy (non-hydrogen) atoms. The molecule has 0 atom stereocenters. The van der Waals surface area contributed by atoms with E-state index < -0.39 is 0 Å². The van der Waals surface area contributed by atoms with Crippen molar-refractivity contribution in [1.82, 2.24) is 20.2 Å². The molecule has 1 amide bonds. The standard InChI is InChI=1S/C26H28Cl2N4O.ClH/c1-17-24(26(33)30-31-14-3-2-4-15-31)29-32(23-13-12-21(27)16-22(23)28)25(17)20-10-8-19(9-11-20)18-6-5-7-18;/h8-13,16,18H,2-7,14-15H2,1H3,(H,30,33);1H. The van der Waals surface area contributed by atoms with Crippen molar-refractivity contribution in [1.29, 1.82) is 0 Å². The van der Waals surface area contributed by atoms with Gasteiger partial charge < -0.3 is 0 Å². The zero-order valence-electron chi connectivity index (χ0n) is 19.2. The molecule has 1 aromatic heterocycles. The van der Waals surface area contributed by atoms with Gasteiger partial charge in [0.1, 0.15) is 0 Å². The number of piperidine rings is 1. The lowest BCUT2D eigenvalue weighted by molar-refractivity contribution is 0.0743. The molecule has 0 unspecified atom stereocenters. The van der Waals surface area contributed by atoms with Gasteiger partial charge >= 0.3 is 0 Å². The second kappa shape index (κ2) is 10.7. The van der Waals surface area contributed by atoms with Crippen molar-refractivity contribution in [2.24, 2.45) is 0 Å².